The molecule has 1 aromatic heterocycles. The van der Waals surface area contributed by atoms with Gasteiger partial charge in [-0.05, 0) is 12.8 Å². The Morgan fingerprint density at radius 2 is 2.15 bits per heavy atom. The van der Waals surface area contributed by atoms with E-state index in [1.54, 1.807) is 11.9 Å². The fourth-order valence-electron chi connectivity index (χ4n) is 3.16. The molecule has 26 heavy (non-hydrogen) atoms. The average Bonchev–Trinajstić information content (AvgIpc) is 2.94. The largest absolute Gasteiger partial charge is 0.369 e. The minimum absolute atomic E-state index is 0.0376. The van der Waals surface area contributed by atoms with Gasteiger partial charge in [0.15, 0.2) is 5.82 Å². The van der Waals surface area contributed by atoms with E-state index in [0.717, 1.165) is 19.3 Å². The topological polar surface area (TPSA) is 105 Å². The van der Waals surface area contributed by atoms with Crippen molar-refractivity contribution in [2.45, 2.75) is 64.5 Å². The number of amides is 1. The third kappa shape index (κ3) is 4.32. The predicted octanol–water partition coefficient (Wildman–Crippen LogP) is 1.80. The van der Waals surface area contributed by atoms with Gasteiger partial charge in [0.2, 0.25) is 12.4 Å². The Balaban J connectivity index is 2.38. The molecule has 1 amide bonds. The fraction of sp³-hybridized carbons (Fsp3) is 0.706. The number of rotatable bonds is 9. The zero-order valence-corrected chi connectivity index (χ0v) is 15.6. The number of hydrogen-bond acceptors (Lipinski definition) is 6. The second kappa shape index (κ2) is 8.98. The molecule has 0 radical (unpaired) electrons. The van der Waals surface area contributed by atoms with Gasteiger partial charge in [0.1, 0.15) is 18.1 Å². The molecule has 2 heterocycles. The smallest absolute Gasteiger partial charge is 0.278 e. The molecule has 8 nitrogen and oxygen atoms in total. The maximum absolute atomic E-state index is 14.2. The lowest BCUT2D eigenvalue weighted by atomic mass is 10.1. The first-order valence-electron chi connectivity index (χ1n) is 9.06. The first kappa shape index (κ1) is 20.2. The third-order valence-electron chi connectivity index (χ3n) is 4.53. The maximum atomic E-state index is 14.2. The van der Waals surface area contributed by atoms with E-state index in [1.165, 1.54) is 4.90 Å². The summed E-state index contributed by atoms with van der Waals surface area (Å²) in [5.74, 6) is -0.0152. The Hall–Kier alpha value is -2.16. The highest BCUT2D eigenvalue weighted by Crippen LogP contribution is 2.32. The molecular weight excluding hydrogens is 341 g/mol. The Bertz CT molecular complexity index is 668. The lowest BCUT2D eigenvalue weighted by Crippen LogP contribution is -2.39. The van der Waals surface area contributed by atoms with Crippen LogP contribution in [0.15, 0.2) is 4.79 Å². The summed E-state index contributed by atoms with van der Waals surface area (Å²) in [4.78, 5) is 33.7. The monoisotopic (exact) mass is 369 g/mol. The molecule has 0 aliphatic carbocycles. The van der Waals surface area contributed by atoms with Crippen LogP contribution in [-0.2, 0) is 9.53 Å². The molecule has 0 bridgehead atoms. The van der Waals surface area contributed by atoms with E-state index in [9.17, 15) is 14.0 Å². The minimum atomic E-state index is -1.16. The predicted molar refractivity (Wildman–Crippen MR) is 99.1 cm³/mol. The summed E-state index contributed by atoms with van der Waals surface area (Å²) in [6, 6.07) is 0. The Morgan fingerprint density at radius 1 is 1.42 bits per heavy atom. The molecule has 146 valence electrons. The number of ether oxygens (including phenoxy) is 1. The lowest BCUT2D eigenvalue weighted by molar-refractivity contribution is -0.110. The molecule has 0 saturated carbocycles. The lowest BCUT2D eigenvalue weighted by Gasteiger charge is -2.28. The van der Waals surface area contributed by atoms with Gasteiger partial charge in [0.05, 0.1) is 6.10 Å². The summed E-state index contributed by atoms with van der Waals surface area (Å²) in [5, 5.41) is 0. The van der Waals surface area contributed by atoms with Gasteiger partial charge in [-0.3, -0.25) is 19.5 Å². The summed E-state index contributed by atoms with van der Waals surface area (Å²) in [6.07, 6.45) is 1.18. The number of anilines is 3. The molecule has 0 spiro atoms. The highest BCUT2D eigenvalue weighted by molar-refractivity contribution is 5.81. The zero-order valence-electron chi connectivity index (χ0n) is 15.6. The van der Waals surface area contributed by atoms with Crippen LogP contribution in [0.5, 0.6) is 0 Å². The molecule has 0 aromatic carbocycles. The number of H-pyrrole nitrogens is 1. The van der Waals surface area contributed by atoms with Crippen molar-refractivity contribution in [2.75, 3.05) is 29.1 Å². The van der Waals surface area contributed by atoms with Gasteiger partial charge in [-0.2, -0.15) is 4.98 Å². The second-order valence-electron chi connectivity index (χ2n) is 6.58. The number of carbonyl (C=O) groups is 1. The van der Waals surface area contributed by atoms with Gasteiger partial charge in [-0.15, -0.1) is 0 Å². The number of nitrogens with zero attached hydrogens (tertiary/aromatic N) is 3. The van der Waals surface area contributed by atoms with Crippen LogP contribution in [0.4, 0.5) is 21.8 Å². The summed E-state index contributed by atoms with van der Waals surface area (Å²) in [7, 11) is 1.75. The van der Waals surface area contributed by atoms with Crippen LogP contribution < -0.4 is 21.1 Å². The number of carbonyl (C=O) groups excluding carboxylic acids is 1. The number of aromatic nitrogens is 2. The van der Waals surface area contributed by atoms with Gasteiger partial charge in [0.25, 0.3) is 5.56 Å². The number of nitrogens with two attached hydrogens (primary N) is 1. The van der Waals surface area contributed by atoms with Crippen molar-refractivity contribution in [3.63, 3.8) is 0 Å². The number of aromatic amines is 1. The summed E-state index contributed by atoms with van der Waals surface area (Å²) in [5.41, 5.74) is 5.45. The highest BCUT2D eigenvalue weighted by atomic mass is 19.1. The highest BCUT2D eigenvalue weighted by Gasteiger charge is 2.39. The Morgan fingerprint density at radius 3 is 2.77 bits per heavy atom. The van der Waals surface area contributed by atoms with Crippen molar-refractivity contribution < 1.29 is 13.9 Å². The Labute approximate surface area is 152 Å². The van der Waals surface area contributed by atoms with Crippen LogP contribution in [0.3, 0.4) is 0 Å². The summed E-state index contributed by atoms with van der Waals surface area (Å²) >= 11 is 0. The van der Waals surface area contributed by atoms with E-state index in [1.807, 2.05) is 13.8 Å². The van der Waals surface area contributed by atoms with E-state index >= 15 is 0 Å². The average molecular weight is 369 g/mol. The molecule has 1 aromatic rings. The molecule has 3 unspecified atom stereocenters. The van der Waals surface area contributed by atoms with Crippen molar-refractivity contribution in [1.29, 1.82) is 0 Å². The number of nitrogen functional groups attached to an aromatic ring is 1. The van der Waals surface area contributed by atoms with Gasteiger partial charge in [-0.25, -0.2) is 4.39 Å². The van der Waals surface area contributed by atoms with Crippen LogP contribution in [0.25, 0.3) is 0 Å². The normalized spacial score (nSPS) is 22.4. The summed E-state index contributed by atoms with van der Waals surface area (Å²) in [6.45, 7) is 4.60. The van der Waals surface area contributed by atoms with Crippen LogP contribution in [0, 0.1) is 0 Å². The van der Waals surface area contributed by atoms with Crippen molar-refractivity contribution in [3.8, 4) is 0 Å². The maximum Gasteiger partial charge on any atom is 0.278 e. The van der Waals surface area contributed by atoms with E-state index in [-0.39, 0.29) is 23.9 Å². The molecule has 2 rings (SSSR count). The van der Waals surface area contributed by atoms with E-state index in [4.69, 9.17) is 10.5 Å². The Kier molecular flexibility index (Phi) is 6.96. The van der Waals surface area contributed by atoms with Crippen molar-refractivity contribution >= 4 is 23.9 Å². The number of hydrogen-bond donors (Lipinski definition) is 2. The minimum Gasteiger partial charge on any atom is -0.369 e. The van der Waals surface area contributed by atoms with Crippen LogP contribution >= 0.6 is 0 Å². The van der Waals surface area contributed by atoms with E-state index < -0.39 is 24.1 Å². The van der Waals surface area contributed by atoms with E-state index in [2.05, 4.69) is 9.97 Å². The van der Waals surface area contributed by atoms with Crippen LogP contribution in [0.2, 0.25) is 0 Å². The second-order valence-corrected chi connectivity index (χ2v) is 6.58. The van der Waals surface area contributed by atoms with Gasteiger partial charge in [-0.1, -0.05) is 26.7 Å². The quantitative estimate of drug-likeness (QED) is 0.643. The van der Waals surface area contributed by atoms with Crippen LogP contribution in [0.1, 0.15) is 46.0 Å². The SMILES string of the molecule is CCCCN(C)c1c(N(C=O)C2CC(F)C(CCC)O2)nc(N)[nH]c1=O. The molecule has 3 N–H and O–H groups in total. The van der Waals surface area contributed by atoms with Crippen molar-refractivity contribution in [3.05, 3.63) is 10.4 Å². The molecule has 9 heteroatoms. The molecule has 1 fully saturated rings. The molecular formula is C17H28FN5O3. The number of alkyl halides is 1. The first-order chi connectivity index (χ1) is 12.4. The van der Waals surface area contributed by atoms with E-state index in [0.29, 0.717) is 19.4 Å². The number of halogens is 1. The van der Waals surface area contributed by atoms with Gasteiger partial charge in [0, 0.05) is 20.0 Å². The fourth-order valence-corrected chi connectivity index (χ4v) is 3.16. The zero-order chi connectivity index (χ0) is 19.3. The molecule has 1 aliphatic rings. The third-order valence-corrected chi connectivity index (χ3v) is 4.53. The van der Waals surface area contributed by atoms with Crippen LogP contribution in [-0.4, -0.2) is 48.5 Å². The number of unbranched alkanes of at least 4 members (excludes halogenated alkanes) is 1. The van der Waals surface area contributed by atoms with Gasteiger partial charge < -0.3 is 15.4 Å². The van der Waals surface area contributed by atoms with Crippen molar-refractivity contribution in [1.82, 2.24) is 9.97 Å². The van der Waals surface area contributed by atoms with Gasteiger partial charge >= 0.3 is 0 Å². The summed E-state index contributed by atoms with van der Waals surface area (Å²) < 4.78 is 20.0. The number of nitrogens with one attached hydrogen (secondary N) is 1. The molecule has 3 atom stereocenters. The standard InChI is InChI=1S/C17H28FN5O3/c1-4-6-8-22(3)14-15(20-17(19)21-16(14)25)23(10-24)13-9-11(18)12(26-13)7-5-2/h10-13H,4-9H2,1-3H3,(H3,19,20,21,25). The molecule has 1 saturated heterocycles. The van der Waals surface area contributed by atoms with Crippen molar-refractivity contribution in [2.24, 2.45) is 0 Å². The first-order valence-corrected chi connectivity index (χ1v) is 9.06. The molecule has 1 aliphatic heterocycles.